The van der Waals surface area contributed by atoms with Crippen molar-refractivity contribution in [3.63, 3.8) is 0 Å². The summed E-state index contributed by atoms with van der Waals surface area (Å²) < 4.78 is 12.8. The van der Waals surface area contributed by atoms with Gasteiger partial charge >= 0.3 is 6.09 Å². The molecule has 5 rings (SSSR count). The molecule has 3 aromatic rings. The Morgan fingerprint density at radius 2 is 1.81 bits per heavy atom. The number of hydrogen-bond donors (Lipinski definition) is 2. The van der Waals surface area contributed by atoms with Crippen LogP contribution in [-0.2, 0) is 11.8 Å². The fourth-order valence-corrected chi connectivity index (χ4v) is 5.95. The van der Waals surface area contributed by atoms with Crippen LogP contribution < -0.4 is 15.0 Å². The van der Waals surface area contributed by atoms with Gasteiger partial charge in [-0.05, 0) is 82.9 Å². The van der Waals surface area contributed by atoms with Crippen LogP contribution in [0.4, 0.5) is 10.5 Å². The van der Waals surface area contributed by atoms with Crippen LogP contribution >= 0.6 is 0 Å². The number of nitrogens with one attached hydrogen (secondary N) is 1. The van der Waals surface area contributed by atoms with E-state index in [1.54, 1.807) is 16.9 Å². The predicted molar refractivity (Wildman–Crippen MR) is 161 cm³/mol. The van der Waals surface area contributed by atoms with E-state index in [0.717, 1.165) is 35.2 Å². The SMILES string of the molecule is COc1cc([C@@H](C)NC(=O)c2cc(N3C[C@H]4CC[C@@H](C3)N4C(=O)OC(C)(C)C)ccc2C)cc(-c2cnn(C)c2)c1O. The van der Waals surface area contributed by atoms with Crippen molar-refractivity contribution in [3.8, 4) is 22.6 Å². The van der Waals surface area contributed by atoms with Gasteiger partial charge in [-0.3, -0.25) is 14.4 Å². The first-order valence-corrected chi connectivity index (χ1v) is 14.4. The topological polar surface area (TPSA) is 109 Å². The minimum atomic E-state index is -0.532. The molecule has 2 aliphatic heterocycles. The van der Waals surface area contributed by atoms with Crippen LogP contribution in [0.25, 0.3) is 11.1 Å². The number of rotatable bonds is 6. The number of hydrogen-bond acceptors (Lipinski definition) is 7. The number of phenols is 1. The lowest BCUT2D eigenvalue weighted by molar-refractivity contribution is 0.0123. The standard InChI is InChI=1S/C32H41N5O5/c1-19-8-9-23(36-17-24-10-11-25(18-36)37(24)31(40)42-32(3,4)5)14-26(19)30(39)34-20(2)21-12-27(22-15-33-35(6)16-22)29(38)28(13-21)41-7/h8-9,12-16,20,24-25,38H,10-11,17-18H2,1-7H3,(H,34,39)/t20-,24-,25+/m1/s1. The van der Waals surface area contributed by atoms with Gasteiger partial charge in [0.15, 0.2) is 11.5 Å². The molecule has 2 N–H and O–H groups in total. The highest BCUT2D eigenvalue weighted by atomic mass is 16.6. The number of fused-ring (bicyclic) bond motifs is 2. The van der Waals surface area contributed by atoms with Gasteiger partial charge in [0.05, 0.1) is 31.4 Å². The van der Waals surface area contributed by atoms with Crippen molar-refractivity contribution in [2.75, 3.05) is 25.1 Å². The number of aromatic hydroxyl groups is 1. The summed E-state index contributed by atoms with van der Waals surface area (Å²) >= 11 is 0. The average molecular weight is 576 g/mol. The van der Waals surface area contributed by atoms with E-state index in [9.17, 15) is 14.7 Å². The maximum atomic E-state index is 13.6. The maximum Gasteiger partial charge on any atom is 0.410 e. The molecule has 3 atom stereocenters. The van der Waals surface area contributed by atoms with Gasteiger partial charge in [-0.2, -0.15) is 5.10 Å². The summed E-state index contributed by atoms with van der Waals surface area (Å²) in [5.41, 5.74) is 4.02. The van der Waals surface area contributed by atoms with Crippen LogP contribution in [0.5, 0.6) is 11.5 Å². The van der Waals surface area contributed by atoms with Crippen LogP contribution in [0, 0.1) is 6.92 Å². The predicted octanol–water partition coefficient (Wildman–Crippen LogP) is 5.19. The fraction of sp³-hybridized carbons (Fsp3) is 0.469. The highest BCUT2D eigenvalue weighted by Gasteiger charge is 2.44. The zero-order valence-electron chi connectivity index (χ0n) is 25.5. The van der Waals surface area contributed by atoms with Gasteiger partial charge < -0.3 is 24.8 Å². The fourth-order valence-electron chi connectivity index (χ4n) is 5.95. The van der Waals surface area contributed by atoms with Crippen LogP contribution in [-0.4, -0.2) is 69.7 Å². The number of anilines is 1. The molecule has 0 radical (unpaired) electrons. The second-order valence-electron chi connectivity index (χ2n) is 12.4. The first-order chi connectivity index (χ1) is 19.8. The molecule has 2 saturated heterocycles. The van der Waals surface area contributed by atoms with Crippen molar-refractivity contribution in [3.05, 3.63) is 59.4 Å². The Hall–Kier alpha value is -4.21. The second-order valence-corrected chi connectivity index (χ2v) is 12.4. The van der Waals surface area contributed by atoms with Crippen molar-refractivity contribution in [1.82, 2.24) is 20.0 Å². The number of aromatic nitrogens is 2. The lowest BCUT2D eigenvalue weighted by Gasteiger charge is -2.42. The number of amides is 2. The van der Waals surface area contributed by atoms with Crippen molar-refractivity contribution in [2.24, 2.45) is 7.05 Å². The van der Waals surface area contributed by atoms with Gasteiger partial charge in [0, 0.05) is 48.7 Å². The number of aryl methyl sites for hydroxylation is 2. The van der Waals surface area contributed by atoms with E-state index in [1.807, 2.05) is 77.0 Å². The molecule has 0 saturated carbocycles. The van der Waals surface area contributed by atoms with E-state index in [-0.39, 0.29) is 35.9 Å². The Kier molecular flexibility index (Phi) is 7.83. The van der Waals surface area contributed by atoms with Gasteiger partial charge in [-0.15, -0.1) is 0 Å². The van der Waals surface area contributed by atoms with Crippen molar-refractivity contribution in [1.29, 1.82) is 0 Å². The molecule has 3 heterocycles. The smallest absolute Gasteiger partial charge is 0.410 e. The zero-order valence-corrected chi connectivity index (χ0v) is 25.5. The highest BCUT2D eigenvalue weighted by Crippen LogP contribution is 2.40. The third kappa shape index (κ3) is 5.89. The summed E-state index contributed by atoms with van der Waals surface area (Å²) in [7, 11) is 3.32. The minimum Gasteiger partial charge on any atom is -0.504 e. The number of phenolic OH excluding ortho intramolecular Hbond substituents is 1. The molecule has 2 amide bonds. The first-order valence-electron chi connectivity index (χ1n) is 14.4. The Labute approximate surface area is 247 Å². The number of piperazine rings is 1. The van der Waals surface area contributed by atoms with Crippen molar-refractivity contribution >= 4 is 17.7 Å². The number of carbonyl (C=O) groups excluding carboxylic acids is 2. The number of benzene rings is 2. The highest BCUT2D eigenvalue weighted by molar-refractivity contribution is 5.97. The second kappa shape index (κ2) is 11.2. The summed E-state index contributed by atoms with van der Waals surface area (Å²) in [5.74, 6) is 0.162. The minimum absolute atomic E-state index is 0.0251. The first kappa shape index (κ1) is 29.3. The molecular formula is C32H41N5O5. The van der Waals surface area contributed by atoms with Crippen molar-refractivity contribution < 1.29 is 24.2 Å². The number of ether oxygens (including phenoxy) is 2. The van der Waals surface area contributed by atoms with Gasteiger partial charge in [0.1, 0.15) is 5.60 Å². The quantitative estimate of drug-likeness (QED) is 0.416. The van der Waals surface area contributed by atoms with E-state index >= 15 is 0 Å². The van der Waals surface area contributed by atoms with Gasteiger partial charge in [0.25, 0.3) is 5.91 Å². The largest absolute Gasteiger partial charge is 0.504 e. The van der Waals surface area contributed by atoms with Gasteiger partial charge in [0.2, 0.25) is 0 Å². The monoisotopic (exact) mass is 575 g/mol. The van der Waals surface area contributed by atoms with Gasteiger partial charge in [-0.25, -0.2) is 4.79 Å². The van der Waals surface area contributed by atoms with E-state index in [0.29, 0.717) is 30.0 Å². The molecule has 2 aliphatic rings. The van der Waals surface area contributed by atoms with Crippen LogP contribution in [0.15, 0.2) is 42.7 Å². The third-order valence-corrected chi connectivity index (χ3v) is 8.10. The number of carbonyl (C=O) groups is 2. The summed E-state index contributed by atoms with van der Waals surface area (Å²) in [6.07, 6.45) is 5.12. The maximum absolute atomic E-state index is 13.6. The Morgan fingerprint density at radius 1 is 1.12 bits per heavy atom. The molecule has 1 aromatic heterocycles. The third-order valence-electron chi connectivity index (χ3n) is 8.10. The molecule has 224 valence electrons. The summed E-state index contributed by atoms with van der Waals surface area (Å²) in [6, 6.07) is 9.35. The molecule has 0 aliphatic carbocycles. The van der Waals surface area contributed by atoms with Crippen LogP contribution in [0.2, 0.25) is 0 Å². The van der Waals surface area contributed by atoms with E-state index in [1.165, 1.54) is 7.11 Å². The summed E-state index contributed by atoms with van der Waals surface area (Å²) in [6.45, 7) is 10.9. The molecule has 42 heavy (non-hydrogen) atoms. The molecule has 2 aromatic carbocycles. The lowest BCUT2D eigenvalue weighted by Crippen LogP contribution is -2.56. The molecule has 2 bridgehead atoms. The van der Waals surface area contributed by atoms with Crippen molar-refractivity contribution in [2.45, 2.75) is 71.2 Å². The van der Waals surface area contributed by atoms with E-state index in [2.05, 4.69) is 15.3 Å². The molecule has 2 fully saturated rings. The molecule has 0 spiro atoms. The zero-order chi connectivity index (χ0) is 30.3. The summed E-state index contributed by atoms with van der Waals surface area (Å²) in [5, 5.41) is 18.1. The molecule has 0 unspecified atom stereocenters. The van der Waals surface area contributed by atoms with E-state index < -0.39 is 5.60 Å². The van der Waals surface area contributed by atoms with Gasteiger partial charge in [-0.1, -0.05) is 6.07 Å². The van der Waals surface area contributed by atoms with Crippen LogP contribution in [0.3, 0.4) is 0 Å². The molecular weight excluding hydrogens is 534 g/mol. The lowest BCUT2D eigenvalue weighted by atomic mass is 9.99. The van der Waals surface area contributed by atoms with E-state index in [4.69, 9.17) is 9.47 Å². The Bertz CT molecular complexity index is 1480. The summed E-state index contributed by atoms with van der Waals surface area (Å²) in [4.78, 5) is 30.7. The number of nitrogens with zero attached hydrogens (tertiary/aromatic N) is 4. The molecule has 10 heteroatoms. The number of methoxy groups -OCH3 is 1. The Balaban J connectivity index is 1.33. The average Bonchev–Trinajstić information content (AvgIpc) is 3.47. The molecule has 10 nitrogen and oxygen atoms in total. The normalized spacial score (nSPS) is 19.0. The Morgan fingerprint density at radius 3 is 2.40 bits per heavy atom. The van der Waals surface area contributed by atoms with Crippen LogP contribution in [0.1, 0.15) is 68.1 Å².